The van der Waals surface area contributed by atoms with E-state index in [1.54, 1.807) is 0 Å². The molecule has 1 aromatic rings. The van der Waals surface area contributed by atoms with Gasteiger partial charge >= 0.3 is 0 Å². The number of nitrogens with two attached hydrogens (primary N) is 1. The second-order valence-corrected chi connectivity index (χ2v) is 7.02. The van der Waals surface area contributed by atoms with Crippen LogP contribution < -0.4 is 5.73 Å². The molecule has 0 heterocycles. The number of hydrogen-bond acceptors (Lipinski definition) is 2. The van der Waals surface area contributed by atoms with Crippen molar-refractivity contribution in [3.8, 4) is 0 Å². The second kappa shape index (κ2) is 4.32. The highest BCUT2D eigenvalue weighted by atomic mass is 79.9. The fourth-order valence-electron chi connectivity index (χ4n) is 2.75. The second-order valence-electron chi connectivity index (χ2n) is 6.10. The molecule has 0 spiro atoms. The minimum atomic E-state index is -0.551. The molecule has 2 N–H and O–H groups in total. The lowest BCUT2D eigenvalue weighted by atomic mass is 9.95. The number of carbonyl (C=O) groups excluding carboxylic acids is 1. The molecular weight excluding hydrogens is 304 g/mol. The van der Waals surface area contributed by atoms with Gasteiger partial charge in [-0.05, 0) is 43.4 Å². The molecule has 3 nitrogen and oxygen atoms in total. The summed E-state index contributed by atoms with van der Waals surface area (Å²) in [4.78, 5) is 14.0. The van der Waals surface area contributed by atoms with Crippen LogP contribution in [0.5, 0.6) is 0 Å². The molecule has 2 aliphatic rings. The SMILES string of the molecule is CN(CC1(c2ccc(Br)cc2)CC1)C(=O)C1(N)CC1. The van der Waals surface area contributed by atoms with Gasteiger partial charge in [-0.1, -0.05) is 28.1 Å². The van der Waals surface area contributed by atoms with Crippen LogP contribution in [0.25, 0.3) is 0 Å². The summed E-state index contributed by atoms with van der Waals surface area (Å²) in [6.07, 6.45) is 3.98. The predicted octanol–water partition coefficient (Wildman–Crippen LogP) is 2.43. The highest BCUT2D eigenvalue weighted by molar-refractivity contribution is 9.10. The molecule has 3 rings (SSSR count). The van der Waals surface area contributed by atoms with E-state index < -0.39 is 5.54 Å². The van der Waals surface area contributed by atoms with Crippen molar-refractivity contribution in [3.05, 3.63) is 34.3 Å². The summed E-state index contributed by atoms with van der Waals surface area (Å²) in [6.45, 7) is 0.784. The highest BCUT2D eigenvalue weighted by Gasteiger charge is 2.51. The van der Waals surface area contributed by atoms with Crippen LogP contribution >= 0.6 is 15.9 Å². The van der Waals surface area contributed by atoms with Crippen LogP contribution in [0.4, 0.5) is 0 Å². The maximum Gasteiger partial charge on any atom is 0.242 e. The van der Waals surface area contributed by atoms with Crippen LogP contribution in [0.3, 0.4) is 0 Å². The lowest BCUT2D eigenvalue weighted by Crippen LogP contribution is -2.46. The van der Waals surface area contributed by atoms with Gasteiger partial charge in [0.25, 0.3) is 0 Å². The maximum absolute atomic E-state index is 12.2. The number of rotatable bonds is 4. The van der Waals surface area contributed by atoms with Crippen LogP contribution in [0, 0.1) is 0 Å². The van der Waals surface area contributed by atoms with Crippen molar-refractivity contribution < 1.29 is 4.79 Å². The van der Waals surface area contributed by atoms with Gasteiger partial charge in [-0.2, -0.15) is 0 Å². The Bertz CT molecular complexity index is 503. The Labute approximate surface area is 122 Å². The van der Waals surface area contributed by atoms with E-state index >= 15 is 0 Å². The third-order valence-corrected chi connectivity index (χ3v) is 4.94. The van der Waals surface area contributed by atoms with Gasteiger partial charge < -0.3 is 10.6 Å². The first kappa shape index (κ1) is 13.1. The van der Waals surface area contributed by atoms with Gasteiger partial charge in [0.15, 0.2) is 0 Å². The molecule has 0 saturated heterocycles. The van der Waals surface area contributed by atoms with E-state index in [0.29, 0.717) is 0 Å². The Hall–Kier alpha value is -0.870. The fraction of sp³-hybridized carbons (Fsp3) is 0.533. The number of halogens is 1. The highest BCUT2D eigenvalue weighted by Crippen LogP contribution is 2.49. The molecule has 2 aliphatic carbocycles. The number of nitrogens with zero attached hydrogens (tertiary/aromatic N) is 1. The molecule has 1 amide bonds. The Kier molecular flexibility index (Phi) is 2.98. The van der Waals surface area contributed by atoms with E-state index in [2.05, 4.69) is 40.2 Å². The Morgan fingerprint density at radius 3 is 2.32 bits per heavy atom. The first-order chi connectivity index (χ1) is 8.95. The lowest BCUT2D eigenvalue weighted by molar-refractivity contribution is -0.132. The van der Waals surface area contributed by atoms with Gasteiger partial charge in [-0.3, -0.25) is 4.79 Å². The van der Waals surface area contributed by atoms with Crippen molar-refractivity contribution in [2.75, 3.05) is 13.6 Å². The molecule has 2 fully saturated rings. The lowest BCUT2D eigenvalue weighted by Gasteiger charge is -2.26. The van der Waals surface area contributed by atoms with Crippen molar-refractivity contribution in [2.45, 2.75) is 36.6 Å². The summed E-state index contributed by atoms with van der Waals surface area (Å²) in [6, 6.07) is 8.46. The van der Waals surface area contributed by atoms with E-state index in [1.165, 1.54) is 5.56 Å². The molecule has 0 bridgehead atoms. The zero-order valence-electron chi connectivity index (χ0n) is 11.2. The molecule has 102 valence electrons. The normalized spacial score (nSPS) is 21.8. The topological polar surface area (TPSA) is 46.3 Å². The maximum atomic E-state index is 12.2. The van der Waals surface area contributed by atoms with E-state index in [1.807, 2.05) is 11.9 Å². The molecule has 0 unspecified atom stereocenters. The molecule has 19 heavy (non-hydrogen) atoms. The molecule has 0 atom stereocenters. The average Bonchev–Trinajstić information content (AvgIpc) is 3.29. The van der Waals surface area contributed by atoms with Crippen molar-refractivity contribution in [3.63, 3.8) is 0 Å². The predicted molar refractivity (Wildman–Crippen MR) is 78.8 cm³/mol. The average molecular weight is 323 g/mol. The van der Waals surface area contributed by atoms with Crippen LogP contribution in [0.15, 0.2) is 28.7 Å². The summed E-state index contributed by atoms with van der Waals surface area (Å²) in [5.74, 6) is 0.107. The minimum absolute atomic E-state index is 0.107. The van der Waals surface area contributed by atoms with Crippen molar-refractivity contribution in [2.24, 2.45) is 5.73 Å². The molecule has 4 heteroatoms. The largest absolute Gasteiger partial charge is 0.343 e. The zero-order valence-corrected chi connectivity index (χ0v) is 12.7. The molecular formula is C15H19BrN2O. The summed E-state index contributed by atoms with van der Waals surface area (Å²) in [5, 5.41) is 0. The van der Waals surface area contributed by atoms with Gasteiger partial charge in [0.1, 0.15) is 0 Å². The Balaban J connectivity index is 1.72. The monoisotopic (exact) mass is 322 g/mol. The van der Waals surface area contributed by atoms with Gasteiger partial charge in [0.2, 0.25) is 5.91 Å². The number of hydrogen-bond donors (Lipinski definition) is 1. The van der Waals surface area contributed by atoms with Crippen LogP contribution in [-0.2, 0) is 10.2 Å². The first-order valence-electron chi connectivity index (χ1n) is 6.76. The van der Waals surface area contributed by atoms with Crippen molar-refractivity contribution >= 4 is 21.8 Å². The van der Waals surface area contributed by atoms with Crippen molar-refractivity contribution in [1.82, 2.24) is 4.90 Å². The number of carbonyl (C=O) groups is 1. The molecule has 0 aliphatic heterocycles. The quantitative estimate of drug-likeness (QED) is 0.925. The minimum Gasteiger partial charge on any atom is -0.343 e. The molecule has 1 aromatic carbocycles. The summed E-state index contributed by atoms with van der Waals surface area (Å²) < 4.78 is 1.09. The third kappa shape index (κ3) is 2.43. The van der Waals surface area contributed by atoms with Gasteiger partial charge in [-0.25, -0.2) is 0 Å². The number of amides is 1. The molecule has 2 saturated carbocycles. The smallest absolute Gasteiger partial charge is 0.242 e. The zero-order chi connectivity index (χ0) is 13.7. The fourth-order valence-corrected chi connectivity index (χ4v) is 3.01. The van der Waals surface area contributed by atoms with Gasteiger partial charge in [0.05, 0.1) is 5.54 Å². The van der Waals surface area contributed by atoms with Gasteiger partial charge in [0, 0.05) is 23.5 Å². The van der Waals surface area contributed by atoms with E-state index in [4.69, 9.17) is 5.73 Å². The van der Waals surface area contributed by atoms with Crippen LogP contribution in [0.1, 0.15) is 31.2 Å². The summed E-state index contributed by atoms with van der Waals surface area (Å²) in [5.41, 5.74) is 6.93. The Morgan fingerprint density at radius 1 is 1.26 bits per heavy atom. The summed E-state index contributed by atoms with van der Waals surface area (Å²) >= 11 is 3.46. The van der Waals surface area contributed by atoms with E-state index in [-0.39, 0.29) is 11.3 Å². The third-order valence-electron chi connectivity index (χ3n) is 4.41. The standard InChI is InChI=1S/C15H19BrN2O/c1-18(13(19)15(17)8-9-15)10-14(6-7-14)11-2-4-12(16)5-3-11/h2-5H,6-10,17H2,1H3. The number of benzene rings is 1. The molecule has 0 radical (unpaired) electrons. The van der Waals surface area contributed by atoms with E-state index in [9.17, 15) is 4.79 Å². The van der Waals surface area contributed by atoms with E-state index in [0.717, 1.165) is 36.7 Å². The number of likely N-dealkylation sites (N-methyl/N-ethyl adjacent to an activating group) is 1. The molecule has 0 aromatic heterocycles. The van der Waals surface area contributed by atoms with Gasteiger partial charge in [-0.15, -0.1) is 0 Å². The summed E-state index contributed by atoms with van der Waals surface area (Å²) in [7, 11) is 1.88. The Morgan fingerprint density at radius 2 is 1.84 bits per heavy atom. The van der Waals surface area contributed by atoms with Crippen LogP contribution in [-0.4, -0.2) is 29.9 Å². The van der Waals surface area contributed by atoms with Crippen molar-refractivity contribution in [1.29, 1.82) is 0 Å². The van der Waals surface area contributed by atoms with Crippen LogP contribution in [0.2, 0.25) is 0 Å². The first-order valence-corrected chi connectivity index (χ1v) is 7.55.